The van der Waals surface area contributed by atoms with Crippen LogP contribution in [0.3, 0.4) is 0 Å². The van der Waals surface area contributed by atoms with Gasteiger partial charge in [-0.2, -0.15) is 11.3 Å². The van der Waals surface area contributed by atoms with E-state index >= 15 is 0 Å². The molecule has 2 aromatic heterocycles. The van der Waals surface area contributed by atoms with Crippen molar-refractivity contribution in [3.8, 4) is 0 Å². The smallest absolute Gasteiger partial charge is 0.191 e. The Bertz CT molecular complexity index is 726. The number of anilines is 1. The monoisotopic (exact) mass is 528 g/mol. The summed E-state index contributed by atoms with van der Waals surface area (Å²) in [6, 6.07) is 6.45. The lowest BCUT2D eigenvalue weighted by Crippen LogP contribution is -2.44. The molecule has 3 rings (SSSR count). The molecule has 0 radical (unpaired) electrons. The Kier molecular flexibility index (Phi) is 10.2. The first-order valence-electron chi connectivity index (χ1n) is 10.1. The average Bonchev–Trinajstić information content (AvgIpc) is 3.26. The quantitative estimate of drug-likeness (QED) is 0.328. The van der Waals surface area contributed by atoms with E-state index in [1.54, 1.807) is 11.3 Å². The number of aromatic nitrogens is 1. The van der Waals surface area contributed by atoms with Crippen molar-refractivity contribution in [1.29, 1.82) is 0 Å². The minimum absolute atomic E-state index is 0. The zero-order valence-corrected chi connectivity index (χ0v) is 20.7. The summed E-state index contributed by atoms with van der Waals surface area (Å²) in [5.41, 5.74) is 2.50. The third-order valence-corrected chi connectivity index (χ3v) is 5.79. The fourth-order valence-electron chi connectivity index (χ4n) is 3.17. The lowest BCUT2D eigenvalue weighted by molar-refractivity contribution is 0.312. The van der Waals surface area contributed by atoms with Gasteiger partial charge >= 0.3 is 0 Å². The SMILES string of the molecule is CCNC(=NCc1ccc(N2CCN(C)CC2)nc1)NCC(C)c1ccsc1.I. The number of guanidine groups is 1. The molecular weight excluding hydrogens is 495 g/mol. The van der Waals surface area contributed by atoms with Gasteiger partial charge in [0.25, 0.3) is 0 Å². The molecule has 1 saturated heterocycles. The van der Waals surface area contributed by atoms with Crippen LogP contribution in [0.25, 0.3) is 0 Å². The van der Waals surface area contributed by atoms with E-state index in [1.165, 1.54) is 5.56 Å². The van der Waals surface area contributed by atoms with Gasteiger partial charge in [0, 0.05) is 45.5 Å². The van der Waals surface area contributed by atoms with Crippen LogP contribution in [0.1, 0.15) is 30.9 Å². The second kappa shape index (κ2) is 12.3. The fourth-order valence-corrected chi connectivity index (χ4v) is 3.95. The summed E-state index contributed by atoms with van der Waals surface area (Å²) in [6.07, 6.45) is 1.95. The highest BCUT2D eigenvalue weighted by Crippen LogP contribution is 2.17. The van der Waals surface area contributed by atoms with E-state index in [9.17, 15) is 0 Å². The Balaban J connectivity index is 0.00000300. The number of nitrogens with one attached hydrogen (secondary N) is 2. The summed E-state index contributed by atoms with van der Waals surface area (Å²) in [6.45, 7) is 10.9. The molecule has 8 heteroatoms. The summed E-state index contributed by atoms with van der Waals surface area (Å²) in [5, 5.41) is 11.1. The molecule has 1 unspecified atom stereocenters. The molecule has 2 N–H and O–H groups in total. The van der Waals surface area contributed by atoms with Gasteiger partial charge < -0.3 is 20.4 Å². The van der Waals surface area contributed by atoms with Gasteiger partial charge in [0.15, 0.2) is 5.96 Å². The number of hydrogen-bond donors (Lipinski definition) is 2. The molecule has 1 aliphatic rings. The van der Waals surface area contributed by atoms with Gasteiger partial charge in [0.1, 0.15) is 5.82 Å². The maximum Gasteiger partial charge on any atom is 0.191 e. The van der Waals surface area contributed by atoms with Crippen molar-refractivity contribution in [1.82, 2.24) is 20.5 Å². The van der Waals surface area contributed by atoms with Crippen LogP contribution in [0.4, 0.5) is 5.82 Å². The van der Waals surface area contributed by atoms with Crippen LogP contribution < -0.4 is 15.5 Å². The second-order valence-corrected chi connectivity index (χ2v) is 8.13. The highest BCUT2D eigenvalue weighted by atomic mass is 127. The van der Waals surface area contributed by atoms with Crippen LogP contribution in [-0.4, -0.2) is 62.2 Å². The molecule has 0 spiro atoms. The average molecular weight is 529 g/mol. The Hall–Kier alpha value is -1.39. The molecule has 0 aromatic carbocycles. The molecule has 0 aliphatic carbocycles. The molecule has 1 atom stereocenters. The number of halogens is 1. The normalized spacial score (nSPS) is 16.2. The third kappa shape index (κ3) is 7.42. The predicted molar refractivity (Wildman–Crippen MR) is 135 cm³/mol. The topological polar surface area (TPSA) is 55.8 Å². The fraction of sp³-hybridized carbons (Fsp3) is 0.524. The van der Waals surface area contributed by atoms with E-state index in [2.05, 4.69) is 75.3 Å². The van der Waals surface area contributed by atoms with Crippen molar-refractivity contribution in [3.05, 3.63) is 46.3 Å². The van der Waals surface area contributed by atoms with Crippen LogP contribution in [0.15, 0.2) is 40.1 Å². The van der Waals surface area contributed by atoms with Gasteiger partial charge in [0.2, 0.25) is 0 Å². The predicted octanol–water partition coefficient (Wildman–Crippen LogP) is 3.37. The van der Waals surface area contributed by atoms with Crippen molar-refractivity contribution in [2.75, 3.05) is 51.2 Å². The summed E-state index contributed by atoms with van der Waals surface area (Å²) in [7, 11) is 2.17. The van der Waals surface area contributed by atoms with Crippen LogP contribution in [0, 0.1) is 0 Å². The van der Waals surface area contributed by atoms with E-state index in [-0.39, 0.29) is 24.0 Å². The molecular formula is C21H33IN6S. The van der Waals surface area contributed by atoms with Gasteiger partial charge in [-0.25, -0.2) is 9.98 Å². The molecule has 160 valence electrons. The Morgan fingerprint density at radius 2 is 2.00 bits per heavy atom. The highest BCUT2D eigenvalue weighted by Gasteiger charge is 2.15. The molecule has 1 aliphatic heterocycles. The summed E-state index contributed by atoms with van der Waals surface area (Å²) >= 11 is 1.74. The highest BCUT2D eigenvalue weighted by molar-refractivity contribution is 14.0. The van der Waals surface area contributed by atoms with Gasteiger partial charge in [-0.15, -0.1) is 24.0 Å². The Morgan fingerprint density at radius 1 is 1.21 bits per heavy atom. The van der Waals surface area contributed by atoms with Gasteiger partial charge in [-0.1, -0.05) is 13.0 Å². The Labute approximate surface area is 195 Å². The Morgan fingerprint density at radius 3 is 2.62 bits per heavy atom. The van der Waals surface area contributed by atoms with Crippen LogP contribution in [-0.2, 0) is 6.54 Å². The number of likely N-dealkylation sites (N-methyl/N-ethyl adjacent to an activating group) is 1. The molecule has 3 heterocycles. The van der Waals surface area contributed by atoms with E-state index in [0.717, 1.165) is 56.6 Å². The first-order chi connectivity index (χ1) is 13.7. The minimum atomic E-state index is 0. The second-order valence-electron chi connectivity index (χ2n) is 7.35. The number of pyridine rings is 1. The van der Waals surface area contributed by atoms with Crippen LogP contribution in [0.2, 0.25) is 0 Å². The molecule has 29 heavy (non-hydrogen) atoms. The van der Waals surface area contributed by atoms with Crippen molar-refractivity contribution < 1.29 is 0 Å². The van der Waals surface area contributed by atoms with Crippen molar-refractivity contribution >= 4 is 47.1 Å². The standard InChI is InChI=1S/C21H32N6S.HI/c1-4-22-21(24-13-17(2)19-7-12-28-16-19)25-15-18-5-6-20(23-14-18)27-10-8-26(3)9-11-27;/h5-7,12,14,16-17H,4,8-11,13,15H2,1-3H3,(H2,22,24,25);1H. The van der Waals surface area contributed by atoms with Crippen molar-refractivity contribution in [2.45, 2.75) is 26.3 Å². The third-order valence-electron chi connectivity index (χ3n) is 5.09. The minimum Gasteiger partial charge on any atom is -0.357 e. The van der Waals surface area contributed by atoms with Gasteiger partial charge in [-0.3, -0.25) is 0 Å². The lowest BCUT2D eigenvalue weighted by Gasteiger charge is -2.33. The van der Waals surface area contributed by atoms with E-state index < -0.39 is 0 Å². The number of thiophene rings is 1. The van der Waals surface area contributed by atoms with Crippen molar-refractivity contribution in [2.24, 2.45) is 4.99 Å². The number of piperazine rings is 1. The molecule has 0 saturated carbocycles. The first-order valence-corrected chi connectivity index (χ1v) is 11.0. The van der Waals surface area contributed by atoms with Crippen molar-refractivity contribution in [3.63, 3.8) is 0 Å². The first kappa shape index (κ1) is 23.9. The summed E-state index contributed by atoms with van der Waals surface area (Å²) < 4.78 is 0. The van der Waals surface area contributed by atoms with Gasteiger partial charge in [0.05, 0.1) is 6.54 Å². The summed E-state index contributed by atoms with van der Waals surface area (Å²) in [5.74, 6) is 2.38. The molecule has 0 amide bonds. The maximum atomic E-state index is 4.73. The van der Waals surface area contributed by atoms with Crippen LogP contribution >= 0.6 is 35.3 Å². The number of aliphatic imine (C=N–C) groups is 1. The zero-order chi connectivity index (χ0) is 19.8. The summed E-state index contributed by atoms with van der Waals surface area (Å²) in [4.78, 5) is 14.1. The van der Waals surface area contributed by atoms with Crippen LogP contribution in [0.5, 0.6) is 0 Å². The lowest BCUT2D eigenvalue weighted by atomic mass is 10.1. The largest absolute Gasteiger partial charge is 0.357 e. The molecule has 6 nitrogen and oxygen atoms in total. The number of hydrogen-bond acceptors (Lipinski definition) is 5. The number of nitrogens with zero attached hydrogens (tertiary/aromatic N) is 4. The molecule has 0 bridgehead atoms. The van der Waals surface area contributed by atoms with Gasteiger partial charge in [-0.05, 0) is 53.9 Å². The van der Waals surface area contributed by atoms with E-state index in [1.807, 2.05) is 6.20 Å². The maximum absolute atomic E-state index is 4.73. The zero-order valence-electron chi connectivity index (χ0n) is 17.6. The number of rotatable bonds is 7. The van der Waals surface area contributed by atoms with E-state index in [4.69, 9.17) is 4.99 Å². The molecule has 2 aromatic rings. The van der Waals surface area contributed by atoms with E-state index in [0.29, 0.717) is 12.5 Å². The molecule has 1 fully saturated rings.